The number of aryl methyl sites for hydroxylation is 3. The van der Waals surface area contributed by atoms with Crippen LogP contribution in [0.3, 0.4) is 0 Å². The van der Waals surface area contributed by atoms with Crippen molar-refractivity contribution in [3.63, 3.8) is 0 Å². The van der Waals surface area contributed by atoms with Gasteiger partial charge in [0.25, 0.3) is 0 Å². The van der Waals surface area contributed by atoms with Crippen molar-refractivity contribution in [2.24, 2.45) is 0 Å². The number of hydrogen-bond acceptors (Lipinski definition) is 4. The standard InChI is InChI=1S/C21H22N2O2S/c1-13-6-5-7-14(2)20(13)23-19(24)12-26-21-15(3)10-16-8-9-17(25-4)11-18(16)22-21/h5-11H,12H2,1-4H3,(H,23,24). The fourth-order valence-corrected chi connectivity index (χ4v) is 3.62. The number of methoxy groups -OCH3 is 1. The third kappa shape index (κ3) is 3.99. The van der Waals surface area contributed by atoms with Gasteiger partial charge in [-0.3, -0.25) is 4.79 Å². The summed E-state index contributed by atoms with van der Waals surface area (Å²) < 4.78 is 5.27. The van der Waals surface area contributed by atoms with E-state index in [4.69, 9.17) is 9.72 Å². The zero-order valence-corrected chi connectivity index (χ0v) is 16.2. The molecule has 0 aliphatic rings. The zero-order valence-electron chi connectivity index (χ0n) is 15.4. The number of carbonyl (C=O) groups excluding carboxylic acids is 1. The Morgan fingerprint density at radius 2 is 1.81 bits per heavy atom. The van der Waals surface area contributed by atoms with Crippen molar-refractivity contribution in [1.82, 2.24) is 4.98 Å². The minimum absolute atomic E-state index is 0.0284. The molecule has 5 heteroatoms. The van der Waals surface area contributed by atoms with Crippen molar-refractivity contribution in [2.45, 2.75) is 25.8 Å². The number of para-hydroxylation sites is 1. The maximum atomic E-state index is 12.4. The summed E-state index contributed by atoms with van der Waals surface area (Å²) >= 11 is 1.45. The van der Waals surface area contributed by atoms with E-state index in [1.54, 1.807) is 7.11 Å². The lowest BCUT2D eigenvalue weighted by Gasteiger charge is -2.12. The molecule has 0 bridgehead atoms. The van der Waals surface area contributed by atoms with E-state index >= 15 is 0 Å². The third-order valence-corrected chi connectivity index (χ3v) is 5.35. The number of anilines is 1. The maximum Gasteiger partial charge on any atom is 0.234 e. The summed E-state index contributed by atoms with van der Waals surface area (Å²) in [6, 6.07) is 13.9. The van der Waals surface area contributed by atoms with Crippen molar-refractivity contribution in [3.05, 3.63) is 59.2 Å². The largest absolute Gasteiger partial charge is 0.497 e. The minimum atomic E-state index is -0.0284. The minimum Gasteiger partial charge on any atom is -0.497 e. The van der Waals surface area contributed by atoms with Gasteiger partial charge in [-0.05, 0) is 55.7 Å². The van der Waals surface area contributed by atoms with Crippen LogP contribution in [0.1, 0.15) is 16.7 Å². The fraction of sp³-hybridized carbons (Fsp3) is 0.238. The topological polar surface area (TPSA) is 51.2 Å². The number of rotatable bonds is 5. The van der Waals surface area contributed by atoms with Crippen LogP contribution in [0.25, 0.3) is 10.9 Å². The van der Waals surface area contributed by atoms with Crippen LogP contribution in [0.15, 0.2) is 47.5 Å². The molecular weight excluding hydrogens is 344 g/mol. The molecule has 3 rings (SSSR count). The number of carbonyl (C=O) groups is 1. The first-order valence-electron chi connectivity index (χ1n) is 8.42. The van der Waals surface area contributed by atoms with Gasteiger partial charge in [0.05, 0.1) is 18.4 Å². The summed E-state index contributed by atoms with van der Waals surface area (Å²) in [6.45, 7) is 6.01. The molecule has 1 amide bonds. The Morgan fingerprint density at radius 1 is 1.08 bits per heavy atom. The van der Waals surface area contributed by atoms with E-state index in [-0.39, 0.29) is 5.91 Å². The number of amides is 1. The van der Waals surface area contributed by atoms with Crippen molar-refractivity contribution in [2.75, 3.05) is 18.2 Å². The van der Waals surface area contributed by atoms with Crippen LogP contribution in [0, 0.1) is 20.8 Å². The number of pyridine rings is 1. The highest BCUT2D eigenvalue weighted by atomic mass is 32.2. The Bertz CT molecular complexity index is 949. The summed E-state index contributed by atoms with van der Waals surface area (Å²) in [4.78, 5) is 17.1. The highest BCUT2D eigenvalue weighted by Gasteiger charge is 2.11. The summed E-state index contributed by atoms with van der Waals surface area (Å²) in [7, 11) is 1.64. The molecule has 4 nitrogen and oxygen atoms in total. The van der Waals surface area contributed by atoms with Crippen LogP contribution >= 0.6 is 11.8 Å². The molecule has 0 saturated heterocycles. The molecule has 0 spiro atoms. The van der Waals surface area contributed by atoms with Crippen LogP contribution in [-0.4, -0.2) is 23.8 Å². The molecule has 0 radical (unpaired) electrons. The zero-order chi connectivity index (χ0) is 18.7. The van der Waals surface area contributed by atoms with Gasteiger partial charge in [-0.2, -0.15) is 0 Å². The van der Waals surface area contributed by atoms with Crippen LogP contribution in [0.5, 0.6) is 5.75 Å². The smallest absolute Gasteiger partial charge is 0.234 e. The number of aromatic nitrogens is 1. The van der Waals surface area contributed by atoms with Gasteiger partial charge in [0, 0.05) is 17.1 Å². The summed E-state index contributed by atoms with van der Waals surface area (Å²) in [5, 5.41) is 4.94. The van der Waals surface area contributed by atoms with E-state index in [0.717, 1.165) is 44.1 Å². The Hall–Kier alpha value is -2.53. The molecule has 0 aliphatic carbocycles. The SMILES string of the molecule is COc1ccc2cc(C)c(SCC(=O)Nc3c(C)cccc3C)nc2c1. The predicted molar refractivity (Wildman–Crippen MR) is 108 cm³/mol. The van der Waals surface area contributed by atoms with E-state index in [1.807, 2.05) is 57.2 Å². The molecule has 1 aromatic heterocycles. The van der Waals surface area contributed by atoms with Gasteiger partial charge in [-0.25, -0.2) is 4.98 Å². The normalized spacial score (nSPS) is 10.8. The van der Waals surface area contributed by atoms with E-state index < -0.39 is 0 Å². The lowest BCUT2D eigenvalue weighted by atomic mass is 10.1. The molecule has 1 heterocycles. The van der Waals surface area contributed by atoms with Crippen molar-refractivity contribution < 1.29 is 9.53 Å². The van der Waals surface area contributed by atoms with E-state index in [2.05, 4.69) is 11.4 Å². The fourth-order valence-electron chi connectivity index (χ4n) is 2.83. The maximum absolute atomic E-state index is 12.4. The number of fused-ring (bicyclic) bond motifs is 1. The van der Waals surface area contributed by atoms with Gasteiger partial charge in [0.1, 0.15) is 10.8 Å². The van der Waals surface area contributed by atoms with Gasteiger partial charge in [-0.15, -0.1) is 0 Å². The molecule has 0 unspecified atom stereocenters. The van der Waals surface area contributed by atoms with Gasteiger partial charge in [0.15, 0.2) is 0 Å². The Balaban J connectivity index is 1.74. The van der Waals surface area contributed by atoms with E-state index in [1.165, 1.54) is 11.8 Å². The van der Waals surface area contributed by atoms with E-state index in [9.17, 15) is 4.79 Å². The van der Waals surface area contributed by atoms with E-state index in [0.29, 0.717) is 5.75 Å². The molecule has 0 aliphatic heterocycles. The van der Waals surface area contributed by atoms with Crippen molar-refractivity contribution in [3.8, 4) is 5.75 Å². The number of hydrogen-bond donors (Lipinski definition) is 1. The quantitative estimate of drug-likeness (QED) is 0.653. The van der Waals surface area contributed by atoms with Crippen LogP contribution in [0.4, 0.5) is 5.69 Å². The van der Waals surface area contributed by atoms with Crippen LogP contribution in [0.2, 0.25) is 0 Å². The van der Waals surface area contributed by atoms with Gasteiger partial charge < -0.3 is 10.1 Å². The monoisotopic (exact) mass is 366 g/mol. The second kappa shape index (κ2) is 7.79. The highest BCUT2D eigenvalue weighted by molar-refractivity contribution is 8.00. The molecule has 1 N–H and O–H groups in total. The molecule has 0 atom stereocenters. The molecular formula is C21H22N2O2S. The molecule has 3 aromatic rings. The van der Waals surface area contributed by atoms with Crippen LogP contribution < -0.4 is 10.1 Å². The Morgan fingerprint density at radius 3 is 2.50 bits per heavy atom. The lowest BCUT2D eigenvalue weighted by molar-refractivity contribution is -0.113. The molecule has 2 aromatic carbocycles. The van der Waals surface area contributed by atoms with Crippen molar-refractivity contribution >= 4 is 34.3 Å². The van der Waals surface area contributed by atoms with Gasteiger partial charge >= 0.3 is 0 Å². The number of nitrogens with zero attached hydrogens (tertiary/aromatic N) is 1. The average Bonchev–Trinajstić information content (AvgIpc) is 2.62. The Kier molecular flexibility index (Phi) is 5.47. The van der Waals surface area contributed by atoms with Crippen molar-refractivity contribution in [1.29, 1.82) is 0 Å². The van der Waals surface area contributed by atoms with Gasteiger partial charge in [0.2, 0.25) is 5.91 Å². The Labute approximate surface area is 158 Å². The molecule has 26 heavy (non-hydrogen) atoms. The second-order valence-corrected chi connectivity index (χ2v) is 7.24. The number of benzene rings is 2. The first-order chi connectivity index (χ1) is 12.5. The predicted octanol–water partition coefficient (Wildman–Crippen LogP) is 4.90. The third-order valence-electron chi connectivity index (χ3n) is 4.25. The lowest BCUT2D eigenvalue weighted by Crippen LogP contribution is -2.16. The summed E-state index contributed by atoms with van der Waals surface area (Å²) in [5.74, 6) is 1.06. The summed E-state index contributed by atoms with van der Waals surface area (Å²) in [5.41, 5.74) is 4.96. The van der Waals surface area contributed by atoms with Crippen LogP contribution in [-0.2, 0) is 4.79 Å². The van der Waals surface area contributed by atoms with Gasteiger partial charge in [-0.1, -0.05) is 30.0 Å². The molecule has 134 valence electrons. The average molecular weight is 366 g/mol. The first-order valence-corrected chi connectivity index (χ1v) is 9.41. The second-order valence-electron chi connectivity index (χ2n) is 6.27. The first kappa shape index (κ1) is 18.3. The molecule has 0 saturated carbocycles. The number of nitrogens with one attached hydrogen (secondary N) is 1. The number of thioether (sulfide) groups is 1. The highest BCUT2D eigenvalue weighted by Crippen LogP contribution is 2.27. The number of ether oxygens (including phenoxy) is 1. The molecule has 0 fully saturated rings. The summed E-state index contributed by atoms with van der Waals surface area (Å²) in [6.07, 6.45) is 0.